The summed E-state index contributed by atoms with van der Waals surface area (Å²) in [5.41, 5.74) is 0.992. The van der Waals surface area contributed by atoms with Gasteiger partial charge >= 0.3 is 5.97 Å². The number of methoxy groups -OCH3 is 1. The minimum absolute atomic E-state index is 0.188. The third kappa shape index (κ3) is 12.0. The van der Waals surface area contributed by atoms with Crippen molar-refractivity contribution in [2.45, 2.75) is 101 Å². The molecule has 1 fully saturated rings. The molecule has 0 spiro atoms. The third-order valence-electron chi connectivity index (χ3n) is 12.2. The summed E-state index contributed by atoms with van der Waals surface area (Å²) in [7, 11) is 1.46. The van der Waals surface area contributed by atoms with Gasteiger partial charge in [0.2, 0.25) is 35.4 Å². The zero-order chi connectivity index (χ0) is 47.0. The van der Waals surface area contributed by atoms with Crippen LogP contribution in [0.2, 0.25) is 0 Å². The number of benzene rings is 1. The van der Waals surface area contributed by atoms with Gasteiger partial charge in [-0.2, -0.15) is 0 Å². The maximum atomic E-state index is 14.6. The Morgan fingerprint density at radius 2 is 1.59 bits per heavy atom. The van der Waals surface area contributed by atoms with E-state index in [1.54, 1.807) is 32.0 Å². The van der Waals surface area contributed by atoms with Crippen molar-refractivity contribution < 1.29 is 68.3 Å². The van der Waals surface area contributed by atoms with Crippen molar-refractivity contribution in [2.75, 3.05) is 39.1 Å². The minimum Gasteiger partial charge on any atom is -0.497 e. The van der Waals surface area contributed by atoms with Gasteiger partial charge in [-0.15, -0.1) is 11.8 Å². The molecule has 10 atom stereocenters. The predicted octanol–water partition coefficient (Wildman–Crippen LogP) is -1.85. The number of aromatic amines is 1. The fourth-order valence-corrected chi connectivity index (χ4v) is 9.36. The van der Waals surface area contributed by atoms with Crippen molar-refractivity contribution in [2.24, 2.45) is 23.7 Å². The molecule has 0 radical (unpaired) electrons. The van der Waals surface area contributed by atoms with Crippen LogP contribution in [0.3, 0.4) is 0 Å². The fourth-order valence-electron chi connectivity index (χ4n) is 8.21. The maximum Gasteiger partial charge on any atom is 0.304 e. The van der Waals surface area contributed by atoms with Gasteiger partial charge in [0.25, 0.3) is 0 Å². The van der Waals surface area contributed by atoms with Crippen LogP contribution >= 0.6 is 11.8 Å². The van der Waals surface area contributed by atoms with Crippen molar-refractivity contribution in [1.29, 1.82) is 0 Å². The van der Waals surface area contributed by atoms with E-state index in [9.17, 15) is 63.6 Å². The van der Waals surface area contributed by atoms with Gasteiger partial charge in [-0.1, -0.05) is 27.2 Å². The topological polar surface area (TPSA) is 323 Å². The Bertz CT molecular complexity index is 2130. The van der Waals surface area contributed by atoms with Gasteiger partial charge in [-0.3, -0.25) is 43.2 Å². The normalized spacial score (nSPS) is 27.5. The van der Waals surface area contributed by atoms with Crippen LogP contribution in [0.4, 0.5) is 0 Å². The average Bonchev–Trinajstić information content (AvgIpc) is 3.83. The molecule has 350 valence electrons. The van der Waals surface area contributed by atoms with Crippen LogP contribution in [-0.2, 0) is 49.6 Å². The number of carboxylic acids is 1. The molecular weight excluding hydrogens is 859 g/mol. The van der Waals surface area contributed by atoms with E-state index in [2.05, 4.69) is 31.6 Å². The van der Waals surface area contributed by atoms with Crippen molar-refractivity contribution in [3.05, 3.63) is 23.8 Å². The highest BCUT2D eigenvalue weighted by atomic mass is 32.2. The van der Waals surface area contributed by atoms with Gasteiger partial charge in [-0.25, -0.2) is 0 Å². The number of nitrogens with one attached hydrogen (secondary N) is 6. The zero-order valence-corrected chi connectivity index (χ0v) is 36.8. The second-order valence-corrected chi connectivity index (χ2v) is 17.7. The third-order valence-corrected chi connectivity index (χ3v) is 13.3. The van der Waals surface area contributed by atoms with Gasteiger partial charge in [0.05, 0.1) is 74.0 Å². The van der Waals surface area contributed by atoms with E-state index in [-0.39, 0.29) is 18.6 Å². The first-order chi connectivity index (χ1) is 30.3. The van der Waals surface area contributed by atoms with E-state index in [1.165, 1.54) is 14.0 Å². The molecule has 10 N–H and O–H groups in total. The lowest BCUT2D eigenvalue weighted by Gasteiger charge is -2.32. The van der Waals surface area contributed by atoms with Crippen LogP contribution in [0.5, 0.6) is 5.75 Å². The summed E-state index contributed by atoms with van der Waals surface area (Å²) in [5, 5.41) is 55.1. The monoisotopic (exact) mass is 915 g/mol. The number of carbonyl (C=O) groups excluding carboxylic acids is 8. The number of aliphatic hydroxyl groups excluding tert-OH is 3. The van der Waals surface area contributed by atoms with Gasteiger partial charge in [0.15, 0.2) is 11.6 Å². The van der Waals surface area contributed by atoms with Gasteiger partial charge in [-0.05, 0) is 30.0 Å². The largest absolute Gasteiger partial charge is 0.497 e. The first-order valence-corrected chi connectivity index (χ1v) is 22.1. The van der Waals surface area contributed by atoms with E-state index in [0.717, 1.165) is 16.7 Å². The van der Waals surface area contributed by atoms with Crippen molar-refractivity contribution in [1.82, 2.24) is 36.5 Å². The van der Waals surface area contributed by atoms with Crippen molar-refractivity contribution in [3.8, 4) is 5.75 Å². The number of thioether (sulfide) groups is 1. The Labute approximate surface area is 372 Å². The van der Waals surface area contributed by atoms with Crippen LogP contribution in [0.15, 0.2) is 23.2 Å². The molecule has 21 nitrogen and oxygen atoms in total. The molecule has 6 amide bonds. The van der Waals surface area contributed by atoms with E-state index < -0.39 is 159 Å². The van der Waals surface area contributed by atoms with Gasteiger partial charge in [0, 0.05) is 54.8 Å². The first-order valence-electron chi connectivity index (χ1n) is 21.2. The molecule has 3 aliphatic rings. The molecule has 1 aromatic heterocycles. The Morgan fingerprint density at radius 1 is 0.906 bits per heavy atom. The van der Waals surface area contributed by atoms with Crippen LogP contribution in [-0.4, -0.2) is 159 Å². The molecule has 4 heterocycles. The SMILES string of the molecule is CC[C@H](C)[C@@H]1NC(=O)CNC(=O)[C@H]2CC(=O)[C@@H]([C@@H](C)[C@@H](O)CO)NC(=O)C3C[C@@H](O)CN3C(=O)[C@H](CC(=O)O)CC(=O)[C@H](CSc3[nH]c4cc(OC)ccc4c3C2)NC(=O)CNC1=O. The molecular formula is C42H57N7O14S. The maximum absolute atomic E-state index is 14.6. The number of carboxylic acid groups (broad SMARTS) is 1. The Hall–Kier alpha value is -5.58. The second-order valence-electron chi connectivity index (χ2n) is 16.7. The number of aliphatic hydroxyl groups is 3. The number of ether oxygens (including phenoxy) is 1. The number of hydrogen-bond acceptors (Lipinski definition) is 14. The molecule has 5 rings (SSSR count). The number of aromatic nitrogens is 1. The fraction of sp³-hybridized carbons (Fsp3) is 0.595. The predicted molar refractivity (Wildman–Crippen MR) is 227 cm³/mol. The highest BCUT2D eigenvalue weighted by Gasteiger charge is 2.45. The molecule has 2 bridgehead atoms. The van der Waals surface area contributed by atoms with Gasteiger partial charge in [0.1, 0.15) is 17.8 Å². The van der Waals surface area contributed by atoms with Gasteiger partial charge < -0.3 is 61.6 Å². The molecule has 0 saturated carbocycles. The summed E-state index contributed by atoms with van der Waals surface area (Å²) < 4.78 is 5.42. The smallest absolute Gasteiger partial charge is 0.304 e. The highest BCUT2D eigenvalue weighted by Crippen LogP contribution is 2.35. The van der Waals surface area contributed by atoms with Crippen LogP contribution < -0.4 is 31.3 Å². The van der Waals surface area contributed by atoms with E-state index in [0.29, 0.717) is 33.7 Å². The van der Waals surface area contributed by atoms with Crippen LogP contribution in [0, 0.1) is 23.7 Å². The molecule has 2 aromatic rings. The Balaban J connectivity index is 1.71. The summed E-state index contributed by atoms with van der Waals surface area (Å²) in [6.45, 7) is 2.31. The summed E-state index contributed by atoms with van der Waals surface area (Å²) >= 11 is 1.04. The number of H-pyrrole nitrogens is 1. The van der Waals surface area contributed by atoms with Crippen molar-refractivity contribution in [3.63, 3.8) is 0 Å². The number of nitrogens with zero attached hydrogens (tertiary/aromatic N) is 1. The Kier molecular flexibility index (Phi) is 16.9. The number of aliphatic carboxylic acids is 1. The number of fused-ring (bicyclic) bond motifs is 5. The molecule has 1 aromatic carbocycles. The minimum atomic E-state index is -1.60. The standard InChI is InChI=1S/C42H57N7O14S/c1-5-19(2)36-40(61)44-14-33(55)45-28-18-64-41-26(25-7-6-24(63-4)13-27(25)46-41)8-21(38(59)43-15-34(56)47-36)9-31(53)37(20(3)32(54)17-50)48-39(60)29-12-23(51)16-49(29)42(62)22(10-30(28)52)11-35(57)58/h6-7,13,19-23,28-29,32,36-37,46,50-51,54H,5,8-12,14-18H2,1-4H3,(H,43,59)(H,44,61)(H,45,55)(H,47,56)(H,48,60)(H,57,58)/t19-,20-,21+,22-,23+,28-,29?,32-,36-,37+/m0/s1. The average molecular weight is 916 g/mol. The van der Waals surface area contributed by atoms with Crippen molar-refractivity contribution >= 4 is 75.6 Å². The van der Waals surface area contributed by atoms with Crippen LogP contribution in [0.1, 0.15) is 58.4 Å². The molecule has 22 heteroatoms. The highest BCUT2D eigenvalue weighted by molar-refractivity contribution is 7.99. The number of ketones is 2. The van der Waals surface area contributed by atoms with E-state index in [4.69, 9.17) is 4.74 Å². The second kappa shape index (κ2) is 21.9. The molecule has 64 heavy (non-hydrogen) atoms. The number of hydrogen-bond donors (Lipinski definition) is 10. The summed E-state index contributed by atoms with van der Waals surface area (Å²) in [6, 6.07) is -0.610. The van der Waals surface area contributed by atoms with E-state index in [1.807, 2.05) is 0 Å². The summed E-state index contributed by atoms with van der Waals surface area (Å²) in [4.78, 5) is 128. The first kappa shape index (κ1) is 49.4. The summed E-state index contributed by atoms with van der Waals surface area (Å²) in [6.07, 6.45) is -5.19. The number of Topliss-reactive ketones (excluding diaryl/α,β-unsaturated/α-hetero) is 2. The van der Waals surface area contributed by atoms with E-state index >= 15 is 0 Å². The summed E-state index contributed by atoms with van der Waals surface area (Å²) in [5.74, 6) is -12.3. The molecule has 0 aliphatic carbocycles. The molecule has 3 aliphatic heterocycles. The van der Waals surface area contributed by atoms with Crippen LogP contribution in [0.25, 0.3) is 10.9 Å². The quantitative estimate of drug-likeness (QED) is 0.139. The lowest BCUT2D eigenvalue weighted by atomic mass is 9.85. The number of carbonyl (C=O) groups is 9. The number of amides is 6. The molecule has 1 unspecified atom stereocenters. The number of rotatable bonds is 8. The zero-order valence-electron chi connectivity index (χ0n) is 36.0. The molecule has 1 saturated heterocycles. The lowest BCUT2D eigenvalue weighted by Crippen LogP contribution is -2.56. The lowest BCUT2D eigenvalue weighted by molar-refractivity contribution is -0.148. The Morgan fingerprint density at radius 3 is 2.25 bits per heavy atom.